The Morgan fingerprint density at radius 2 is 1.64 bits per heavy atom. The Bertz CT molecular complexity index is 947. The van der Waals surface area contributed by atoms with E-state index in [1.165, 1.54) is 0 Å². The number of hydrogen-bond acceptors (Lipinski definition) is 5. The number of carboxylic acids is 1. The van der Waals surface area contributed by atoms with Crippen molar-refractivity contribution in [2.75, 3.05) is 13.2 Å². The Balaban J connectivity index is 1.40. The number of fused-ring (bicyclic) bond motifs is 3. The molecule has 0 saturated heterocycles. The lowest BCUT2D eigenvalue weighted by Crippen LogP contribution is -2.39. The van der Waals surface area contributed by atoms with Crippen molar-refractivity contribution in [2.45, 2.75) is 50.7 Å². The van der Waals surface area contributed by atoms with Crippen LogP contribution < -0.4 is 10.6 Å². The van der Waals surface area contributed by atoms with E-state index in [1.807, 2.05) is 36.4 Å². The fraction of sp³-hybridized carbons (Fsp3) is 0.400. The van der Waals surface area contributed by atoms with Crippen LogP contribution in [-0.2, 0) is 14.3 Å². The molecule has 33 heavy (non-hydrogen) atoms. The molecule has 0 heterocycles. The van der Waals surface area contributed by atoms with Crippen LogP contribution in [0.3, 0.4) is 0 Å². The molecule has 2 aromatic rings. The van der Waals surface area contributed by atoms with Crippen molar-refractivity contribution in [3.63, 3.8) is 0 Å². The van der Waals surface area contributed by atoms with Crippen LogP contribution in [-0.4, -0.2) is 53.5 Å². The van der Waals surface area contributed by atoms with Gasteiger partial charge in [-0.25, -0.2) is 4.79 Å². The van der Waals surface area contributed by atoms with Crippen LogP contribution in [0, 0.1) is 0 Å². The molecule has 1 aliphatic rings. The van der Waals surface area contributed by atoms with Gasteiger partial charge >= 0.3 is 12.1 Å². The minimum atomic E-state index is -1.06. The monoisotopic (exact) mass is 454 g/mol. The zero-order valence-corrected chi connectivity index (χ0v) is 18.6. The highest BCUT2D eigenvalue weighted by molar-refractivity contribution is 5.79. The van der Waals surface area contributed by atoms with Gasteiger partial charge in [0.05, 0.1) is 12.5 Å². The number of rotatable bonds is 11. The van der Waals surface area contributed by atoms with Gasteiger partial charge < -0.3 is 25.6 Å². The summed E-state index contributed by atoms with van der Waals surface area (Å²) < 4.78 is 5.41. The number of nitrogens with one attached hydrogen (secondary N) is 2. The second kappa shape index (κ2) is 11.5. The highest BCUT2D eigenvalue weighted by atomic mass is 16.5. The molecular formula is C25H30N2O6. The van der Waals surface area contributed by atoms with Crippen LogP contribution in [0.15, 0.2) is 48.5 Å². The molecule has 176 valence electrons. The molecular weight excluding hydrogens is 424 g/mol. The van der Waals surface area contributed by atoms with Crippen LogP contribution in [0.25, 0.3) is 11.1 Å². The molecule has 0 fully saturated rings. The third-order valence-corrected chi connectivity index (χ3v) is 5.68. The largest absolute Gasteiger partial charge is 0.481 e. The predicted octanol–water partition coefficient (Wildman–Crippen LogP) is 3.04. The molecule has 0 spiro atoms. The first-order valence-electron chi connectivity index (χ1n) is 11.1. The van der Waals surface area contributed by atoms with E-state index in [2.05, 4.69) is 22.8 Å². The van der Waals surface area contributed by atoms with E-state index in [1.54, 1.807) is 6.92 Å². The number of carbonyl (C=O) groups is 3. The highest BCUT2D eigenvalue weighted by Crippen LogP contribution is 2.44. The summed E-state index contributed by atoms with van der Waals surface area (Å²) in [5.74, 6) is -1.29. The Kier molecular flexibility index (Phi) is 8.43. The SMILES string of the molecule is CC(CCCC(=O)O)NC(=O)CC(O)CNC(=O)OCC1c2ccccc2-c2ccccc21. The van der Waals surface area contributed by atoms with Gasteiger partial charge in [0, 0.05) is 24.9 Å². The first kappa shape index (κ1) is 24.3. The standard InChI is InChI=1S/C25H30N2O6/c1-16(7-6-12-24(30)31)27-23(29)13-17(28)14-26-25(32)33-15-22-20-10-4-2-8-18(20)19-9-3-5-11-21(19)22/h2-5,8-11,16-17,22,28H,6-7,12-15H2,1H3,(H,26,32)(H,27,29)(H,30,31). The summed E-state index contributed by atoms with van der Waals surface area (Å²) in [6.45, 7) is 1.84. The Morgan fingerprint density at radius 1 is 1.03 bits per heavy atom. The maximum Gasteiger partial charge on any atom is 0.407 e. The maximum atomic E-state index is 12.2. The molecule has 0 bridgehead atoms. The third kappa shape index (κ3) is 6.79. The molecule has 2 aromatic carbocycles. The van der Waals surface area contributed by atoms with E-state index in [0.29, 0.717) is 12.8 Å². The van der Waals surface area contributed by atoms with Gasteiger partial charge in [0.25, 0.3) is 0 Å². The van der Waals surface area contributed by atoms with Crippen molar-refractivity contribution < 1.29 is 29.3 Å². The lowest BCUT2D eigenvalue weighted by atomic mass is 9.98. The third-order valence-electron chi connectivity index (χ3n) is 5.68. The summed E-state index contributed by atoms with van der Waals surface area (Å²) in [7, 11) is 0. The van der Waals surface area contributed by atoms with Gasteiger partial charge in [-0.2, -0.15) is 0 Å². The van der Waals surface area contributed by atoms with Gasteiger partial charge in [-0.3, -0.25) is 9.59 Å². The van der Waals surface area contributed by atoms with Gasteiger partial charge in [-0.1, -0.05) is 48.5 Å². The minimum absolute atomic E-state index is 0.0485. The number of aliphatic hydroxyl groups is 1. The molecule has 2 unspecified atom stereocenters. The molecule has 0 aliphatic heterocycles. The number of carbonyl (C=O) groups excluding carboxylic acids is 2. The fourth-order valence-corrected chi connectivity index (χ4v) is 4.10. The van der Waals surface area contributed by atoms with Gasteiger partial charge in [0.15, 0.2) is 0 Å². The Labute approximate surface area is 193 Å². The summed E-state index contributed by atoms with van der Waals surface area (Å²) in [5.41, 5.74) is 4.50. The van der Waals surface area contributed by atoms with Crippen LogP contribution in [0.1, 0.15) is 49.7 Å². The van der Waals surface area contributed by atoms with Crippen molar-refractivity contribution in [3.05, 3.63) is 59.7 Å². The normalized spacial score (nSPS) is 14.0. The number of ether oxygens (including phenoxy) is 1. The van der Waals surface area contributed by atoms with Crippen molar-refractivity contribution in [2.24, 2.45) is 0 Å². The number of benzene rings is 2. The lowest BCUT2D eigenvalue weighted by molar-refractivity contribution is -0.137. The molecule has 4 N–H and O–H groups in total. The van der Waals surface area contributed by atoms with Gasteiger partial charge in [-0.15, -0.1) is 0 Å². The molecule has 1 aliphatic carbocycles. The number of aliphatic hydroxyl groups excluding tert-OH is 1. The van der Waals surface area contributed by atoms with E-state index in [0.717, 1.165) is 22.3 Å². The first-order chi connectivity index (χ1) is 15.8. The van der Waals surface area contributed by atoms with Crippen molar-refractivity contribution in [3.8, 4) is 11.1 Å². The zero-order chi connectivity index (χ0) is 23.8. The quantitative estimate of drug-likeness (QED) is 0.414. The van der Waals surface area contributed by atoms with Crippen LogP contribution in [0.2, 0.25) is 0 Å². The molecule has 8 heteroatoms. The second-order valence-corrected chi connectivity index (χ2v) is 8.32. The number of amides is 2. The summed E-state index contributed by atoms with van der Waals surface area (Å²) in [6, 6.07) is 15.9. The number of hydrogen-bond donors (Lipinski definition) is 4. The van der Waals surface area contributed by atoms with Gasteiger partial charge in [0.2, 0.25) is 5.91 Å². The molecule has 2 amide bonds. The predicted molar refractivity (Wildman–Crippen MR) is 123 cm³/mol. The number of aliphatic carboxylic acids is 1. The average molecular weight is 455 g/mol. The maximum absolute atomic E-state index is 12.2. The van der Waals surface area contributed by atoms with E-state index < -0.39 is 18.2 Å². The highest BCUT2D eigenvalue weighted by Gasteiger charge is 2.29. The van der Waals surface area contributed by atoms with Gasteiger partial charge in [0.1, 0.15) is 6.61 Å². The second-order valence-electron chi connectivity index (χ2n) is 8.32. The van der Waals surface area contributed by atoms with Gasteiger partial charge in [-0.05, 0) is 42.0 Å². The zero-order valence-electron chi connectivity index (χ0n) is 18.6. The molecule has 8 nitrogen and oxygen atoms in total. The van der Waals surface area contributed by atoms with E-state index in [-0.39, 0.29) is 43.9 Å². The fourth-order valence-electron chi connectivity index (χ4n) is 4.10. The Morgan fingerprint density at radius 3 is 2.24 bits per heavy atom. The van der Waals surface area contributed by atoms with Crippen molar-refractivity contribution >= 4 is 18.0 Å². The van der Waals surface area contributed by atoms with Crippen LogP contribution >= 0.6 is 0 Å². The number of carboxylic acid groups (broad SMARTS) is 1. The summed E-state index contributed by atoms with van der Waals surface area (Å²) in [4.78, 5) is 34.7. The summed E-state index contributed by atoms with van der Waals surface area (Å²) >= 11 is 0. The topological polar surface area (TPSA) is 125 Å². The summed E-state index contributed by atoms with van der Waals surface area (Å²) in [5, 5.41) is 23.9. The van der Waals surface area contributed by atoms with Crippen LogP contribution in [0.5, 0.6) is 0 Å². The van der Waals surface area contributed by atoms with Crippen LogP contribution in [0.4, 0.5) is 4.79 Å². The van der Waals surface area contributed by atoms with Crippen molar-refractivity contribution in [1.29, 1.82) is 0 Å². The lowest BCUT2D eigenvalue weighted by Gasteiger charge is -2.17. The molecule has 0 aromatic heterocycles. The van der Waals surface area contributed by atoms with Crippen molar-refractivity contribution in [1.82, 2.24) is 10.6 Å². The minimum Gasteiger partial charge on any atom is -0.481 e. The average Bonchev–Trinajstić information content (AvgIpc) is 3.09. The first-order valence-corrected chi connectivity index (χ1v) is 11.1. The van der Waals surface area contributed by atoms with E-state index in [4.69, 9.17) is 9.84 Å². The number of alkyl carbamates (subject to hydrolysis) is 1. The van der Waals surface area contributed by atoms with E-state index >= 15 is 0 Å². The smallest absolute Gasteiger partial charge is 0.407 e. The summed E-state index contributed by atoms with van der Waals surface area (Å²) in [6.07, 6.45) is -0.843. The molecule has 3 rings (SSSR count). The molecule has 2 atom stereocenters. The van der Waals surface area contributed by atoms with E-state index in [9.17, 15) is 19.5 Å². The Hall–Kier alpha value is -3.39. The molecule has 0 saturated carbocycles. The molecule has 0 radical (unpaired) electrons.